The fourth-order valence-electron chi connectivity index (χ4n) is 2.84. The summed E-state index contributed by atoms with van der Waals surface area (Å²) in [5.41, 5.74) is 1.75. The smallest absolute Gasteiger partial charge is 0.239 e. The number of fused-ring (bicyclic) bond motifs is 1. The molecule has 7 heteroatoms. The Balaban J connectivity index is 1.98. The predicted octanol–water partition coefficient (Wildman–Crippen LogP) is 0.750. The van der Waals surface area contributed by atoms with E-state index in [4.69, 9.17) is 11.6 Å². The number of rotatable bonds is 1. The molecule has 0 bridgehead atoms. The van der Waals surface area contributed by atoms with Gasteiger partial charge in [0.2, 0.25) is 5.91 Å². The number of amides is 1. The van der Waals surface area contributed by atoms with E-state index < -0.39 is 9.84 Å². The Morgan fingerprint density at radius 2 is 2.10 bits per heavy atom. The van der Waals surface area contributed by atoms with Crippen LogP contribution in [0.5, 0.6) is 0 Å². The van der Waals surface area contributed by atoms with Crippen molar-refractivity contribution in [1.29, 1.82) is 0 Å². The van der Waals surface area contributed by atoms with Gasteiger partial charge in [-0.2, -0.15) is 0 Å². The summed E-state index contributed by atoms with van der Waals surface area (Å²) in [4.78, 5) is 13.6. The predicted molar refractivity (Wildman–Crippen MR) is 77.9 cm³/mol. The third-order valence-electron chi connectivity index (χ3n) is 3.87. The van der Waals surface area contributed by atoms with Gasteiger partial charge in [-0.1, -0.05) is 17.7 Å². The highest BCUT2D eigenvalue weighted by Gasteiger charge is 2.45. The number of benzene rings is 1. The molecule has 1 N–H and O–H groups in total. The van der Waals surface area contributed by atoms with Crippen LogP contribution in [0.15, 0.2) is 18.2 Å². The van der Waals surface area contributed by atoms with Crippen LogP contribution in [0.2, 0.25) is 5.02 Å². The topological polar surface area (TPSA) is 66.5 Å². The summed E-state index contributed by atoms with van der Waals surface area (Å²) in [6, 6.07) is 5.00. The number of carbonyl (C=O) groups excluding carboxylic acids is 1. The van der Waals surface area contributed by atoms with Crippen LogP contribution in [0.1, 0.15) is 5.56 Å². The van der Waals surface area contributed by atoms with Crippen molar-refractivity contribution in [1.82, 2.24) is 5.32 Å². The van der Waals surface area contributed by atoms with Crippen LogP contribution < -0.4 is 10.2 Å². The Bertz CT molecular complexity index is 674. The van der Waals surface area contributed by atoms with Crippen molar-refractivity contribution in [2.45, 2.75) is 19.0 Å². The Kier molecular flexibility index (Phi) is 3.17. The van der Waals surface area contributed by atoms with Crippen molar-refractivity contribution in [3.05, 3.63) is 28.8 Å². The maximum absolute atomic E-state index is 11.8. The minimum absolute atomic E-state index is 0.0134. The molecule has 5 nitrogen and oxygen atoms in total. The first-order valence-corrected chi connectivity index (χ1v) is 8.58. The second-order valence-corrected chi connectivity index (χ2v) is 7.94. The molecule has 2 heterocycles. The van der Waals surface area contributed by atoms with Crippen molar-refractivity contribution in [3.8, 4) is 0 Å². The van der Waals surface area contributed by atoms with Gasteiger partial charge in [-0.25, -0.2) is 8.42 Å². The third-order valence-corrected chi connectivity index (χ3v) is 5.99. The average molecular weight is 315 g/mol. The van der Waals surface area contributed by atoms with Crippen molar-refractivity contribution >= 4 is 33.0 Å². The molecule has 2 aliphatic rings. The molecular weight excluding hydrogens is 300 g/mol. The quantitative estimate of drug-likeness (QED) is 0.831. The van der Waals surface area contributed by atoms with Gasteiger partial charge in [0.1, 0.15) is 0 Å². The van der Waals surface area contributed by atoms with Crippen LogP contribution in [-0.2, 0) is 14.6 Å². The van der Waals surface area contributed by atoms with Gasteiger partial charge in [0, 0.05) is 10.7 Å². The number of anilines is 1. The molecule has 108 valence electrons. The molecular formula is C13H15ClN2O3S. The van der Waals surface area contributed by atoms with Crippen LogP contribution in [0.3, 0.4) is 0 Å². The lowest BCUT2D eigenvalue weighted by Crippen LogP contribution is -2.60. The SMILES string of the molecule is Cc1ccc(N2CC(=O)N[C@H]3CS(=O)(=O)C[C@H]32)cc1Cl. The second-order valence-electron chi connectivity index (χ2n) is 5.38. The van der Waals surface area contributed by atoms with Crippen molar-refractivity contribution < 1.29 is 13.2 Å². The van der Waals surface area contributed by atoms with Crippen LogP contribution >= 0.6 is 11.6 Å². The van der Waals surface area contributed by atoms with Gasteiger partial charge < -0.3 is 10.2 Å². The number of hydrogen-bond donors (Lipinski definition) is 1. The van der Waals surface area contributed by atoms with E-state index in [9.17, 15) is 13.2 Å². The van der Waals surface area contributed by atoms with E-state index >= 15 is 0 Å². The van der Waals surface area contributed by atoms with E-state index in [0.29, 0.717) is 5.02 Å². The summed E-state index contributed by atoms with van der Waals surface area (Å²) in [7, 11) is -3.10. The molecule has 2 atom stereocenters. The standard InChI is InChI=1S/C13H15ClN2O3S/c1-8-2-3-9(4-10(8)14)16-5-13(17)15-11-6-20(18,19)7-12(11)16/h2-4,11-12H,5-7H2,1H3,(H,15,17)/t11-,12+/m0/s1. The zero-order valence-electron chi connectivity index (χ0n) is 11.0. The number of nitrogens with zero attached hydrogens (tertiary/aromatic N) is 1. The molecule has 3 rings (SSSR count). The normalized spacial score (nSPS) is 28.1. The van der Waals surface area contributed by atoms with E-state index in [1.807, 2.05) is 24.0 Å². The van der Waals surface area contributed by atoms with Gasteiger partial charge in [0.25, 0.3) is 0 Å². The Labute approximate surface area is 122 Å². The first-order chi connectivity index (χ1) is 9.35. The van der Waals surface area contributed by atoms with Gasteiger partial charge in [-0.3, -0.25) is 4.79 Å². The number of carbonyl (C=O) groups is 1. The van der Waals surface area contributed by atoms with Crippen LogP contribution in [0.4, 0.5) is 5.69 Å². The summed E-state index contributed by atoms with van der Waals surface area (Å²) < 4.78 is 23.6. The number of nitrogens with one attached hydrogen (secondary N) is 1. The third kappa shape index (κ3) is 2.38. The van der Waals surface area contributed by atoms with Gasteiger partial charge in [0.05, 0.1) is 30.1 Å². The Morgan fingerprint density at radius 1 is 1.35 bits per heavy atom. The molecule has 2 fully saturated rings. The summed E-state index contributed by atoms with van der Waals surface area (Å²) in [5.74, 6) is -0.0665. The van der Waals surface area contributed by atoms with Crippen LogP contribution in [0, 0.1) is 6.92 Å². The van der Waals surface area contributed by atoms with Gasteiger partial charge >= 0.3 is 0 Å². The van der Waals surface area contributed by atoms with Crippen molar-refractivity contribution in [2.24, 2.45) is 0 Å². The molecule has 1 aromatic carbocycles. The summed E-state index contributed by atoms with van der Waals surface area (Å²) in [6.45, 7) is 2.06. The van der Waals surface area contributed by atoms with Crippen molar-refractivity contribution in [2.75, 3.05) is 23.0 Å². The molecule has 0 spiro atoms. The fraction of sp³-hybridized carbons (Fsp3) is 0.462. The summed E-state index contributed by atoms with van der Waals surface area (Å²) >= 11 is 6.12. The zero-order chi connectivity index (χ0) is 14.5. The highest BCUT2D eigenvalue weighted by atomic mass is 35.5. The van der Waals surface area contributed by atoms with E-state index in [2.05, 4.69) is 5.32 Å². The van der Waals surface area contributed by atoms with E-state index in [0.717, 1.165) is 11.3 Å². The van der Waals surface area contributed by atoms with E-state index in [1.54, 1.807) is 6.07 Å². The minimum Gasteiger partial charge on any atom is -0.356 e. The average Bonchev–Trinajstić information content (AvgIpc) is 2.65. The monoisotopic (exact) mass is 314 g/mol. The lowest BCUT2D eigenvalue weighted by atomic mass is 10.1. The number of aryl methyl sites for hydroxylation is 1. The number of halogens is 1. The van der Waals surface area contributed by atoms with Crippen LogP contribution in [-0.4, -0.2) is 44.5 Å². The fourth-order valence-corrected chi connectivity index (χ4v) is 4.94. The Hall–Kier alpha value is -1.27. The first-order valence-electron chi connectivity index (χ1n) is 6.38. The molecule has 1 aromatic rings. The van der Waals surface area contributed by atoms with Crippen LogP contribution in [0.25, 0.3) is 0 Å². The molecule has 0 aromatic heterocycles. The van der Waals surface area contributed by atoms with Gasteiger partial charge in [-0.05, 0) is 24.6 Å². The molecule has 2 aliphatic heterocycles. The lowest BCUT2D eigenvalue weighted by molar-refractivity contribution is -0.121. The minimum atomic E-state index is -3.10. The Morgan fingerprint density at radius 3 is 2.80 bits per heavy atom. The molecule has 2 saturated heterocycles. The highest BCUT2D eigenvalue weighted by Crippen LogP contribution is 2.30. The molecule has 20 heavy (non-hydrogen) atoms. The maximum Gasteiger partial charge on any atom is 0.239 e. The number of piperazine rings is 1. The maximum atomic E-state index is 11.8. The molecule has 0 radical (unpaired) electrons. The lowest BCUT2D eigenvalue weighted by Gasteiger charge is -2.38. The highest BCUT2D eigenvalue weighted by molar-refractivity contribution is 7.91. The largest absolute Gasteiger partial charge is 0.356 e. The number of hydrogen-bond acceptors (Lipinski definition) is 4. The molecule has 0 aliphatic carbocycles. The summed E-state index contributed by atoms with van der Waals surface area (Å²) in [5, 5.41) is 3.38. The molecule has 0 unspecified atom stereocenters. The molecule has 0 saturated carbocycles. The van der Waals surface area contributed by atoms with Gasteiger partial charge in [-0.15, -0.1) is 0 Å². The number of sulfone groups is 1. The second kappa shape index (κ2) is 4.63. The van der Waals surface area contributed by atoms with E-state index in [-0.39, 0.29) is 36.0 Å². The van der Waals surface area contributed by atoms with E-state index in [1.165, 1.54) is 0 Å². The summed E-state index contributed by atoms with van der Waals surface area (Å²) in [6.07, 6.45) is 0. The van der Waals surface area contributed by atoms with Crippen molar-refractivity contribution in [3.63, 3.8) is 0 Å². The molecule has 1 amide bonds. The first kappa shape index (κ1) is 13.7. The van der Waals surface area contributed by atoms with Gasteiger partial charge in [0.15, 0.2) is 9.84 Å². The zero-order valence-corrected chi connectivity index (χ0v) is 12.5.